The highest BCUT2D eigenvalue weighted by Crippen LogP contribution is 2.10. The molecule has 2 atom stereocenters. The summed E-state index contributed by atoms with van der Waals surface area (Å²) in [5.74, 6) is -1.14. The van der Waals surface area contributed by atoms with Crippen molar-refractivity contribution in [2.24, 2.45) is 0 Å². The lowest BCUT2D eigenvalue weighted by atomic mass is 10.2. The summed E-state index contributed by atoms with van der Waals surface area (Å²) in [6.07, 6.45) is 2.86. The first-order valence-electron chi connectivity index (χ1n) is 5.83. The summed E-state index contributed by atoms with van der Waals surface area (Å²) < 4.78 is 5.34. The van der Waals surface area contributed by atoms with Gasteiger partial charge in [-0.25, -0.2) is 0 Å². The first-order chi connectivity index (χ1) is 7.63. The second-order valence-electron chi connectivity index (χ2n) is 4.13. The Hall–Kier alpha value is -1.10. The Morgan fingerprint density at radius 2 is 2.19 bits per heavy atom. The van der Waals surface area contributed by atoms with Crippen LogP contribution in [-0.4, -0.2) is 37.1 Å². The van der Waals surface area contributed by atoms with E-state index in [2.05, 4.69) is 10.6 Å². The monoisotopic (exact) mass is 228 g/mol. The molecule has 0 bridgehead atoms. The molecule has 92 valence electrons. The van der Waals surface area contributed by atoms with E-state index in [4.69, 9.17) is 4.74 Å². The molecule has 1 rings (SSSR count). The third-order valence-corrected chi connectivity index (χ3v) is 2.71. The molecule has 0 aromatic heterocycles. The molecule has 5 nitrogen and oxygen atoms in total. The molecule has 0 aliphatic carbocycles. The molecule has 0 saturated carbocycles. The van der Waals surface area contributed by atoms with Gasteiger partial charge < -0.3 is 15.4 Å². The van der Waals surface area contributed by atoms with Gasteiger partial charge in [0.2, 0.25) is 0 Å². The Morgan fingerprint density at radius 1 is 1.44 bits per heavy atom. The van der Waals surface area contributed by atoms with Crippen LogP contribution in [-0.2, 0) is 14.3 Å². The lowest BCUT2D eigenvalue weighted by Crippen LogP contribution is -2.45. The van der Waals surface area contributed by atoms with E-state index in [9.17, 15) is 9.59 Å². The van der Waals surface area contributed by atoms with Crippen molar-refractivity contribution < 1.29 is 14.3 Å². The van der Waals surface area contributed by atoms with Crippen LogP contribution in [0.1, 0.15) is 33.1 Å². The average Bonchev–Trinajstić information content (AvgIpc) is 2.78. The predicted octanol–water partition coefficient (Wildman–Crippen LogP) is 0.196. The molecule has 2 N–H and O–H groups in total. The molecule has 0 radical (unpaired) electrons. The van der Waals surface area contributed by atoms with Crippen LogP contribution in [0.5, 0.6) is 0 Å². The maximum Gasteiger partial charge on any atom is 0.309 e. The minimum atomic E-state index is -0.573. The average molecular weight is 228 g/mol. The highest BCUT2D eigenvalue weighted by atomic mass is 16.5. The maximum absolute atomic E-state index is 11.4. The fourth-order valence-corrected chi connectivity index (χ4v) is 1.48. The van der Waals surface area contributed by atoms with Crippen LogP contribution >= 0.6 is 0 Å². The van der Waals surface area contributed by atoms with E-state index in [1.54, 1.807) is 0 Å². The van der Waals surface area contributed by atoms with Crippen molar-refractivity contribution in [3.8, 4) is 0 Å². The standard InChI is InChI=1S/C11H20N2O3/c1-3-8(2)13-11(15)10(14)12-7-9-5-4-6-16-9/h8-9H,3-7H2,1-2H3,(H,12,14)(H,13,15)/t8-,9-/m0/s1. The molecule has 5 heteroatoms. The van der Waals surface area contributed by atoms with Crippen LogP contribution in [0.4, 0.5) is 0 Å². The van der Waals surface area contributed by atoms with Crippen molar-refractivity contribution in [3.63, 3.8) is 0 Å². The Labute approximate surface area is 95.9 Å². The first-order valence-corrected chi connectivity index (χ1v) is 5.83. The van der Waals surface area contributed by atoms with E-state index in [0.29, 0.717) is 6.54 Å². The second-order valence-corrected chi connectivity index (χ2v) is 4.13. The van der Waals surface area contributed by atoms with Crippen molar-refractivity contribution in [1.82, 2.24) is 10.6 Å². The molecule has 1 aliphatic rings. The zero-order chi connectivity index (χ0) is 12.0. The Kier molecular flexibility index (Phi) is 5.25. The molecule has 0 aromatic carbocycles. The summed E-state index contributed by atoms with van der Waals surface area (Å²) in [7, 11) is 0. The van der Waals surface area contributed by atoms with Gasteiger partial charge in [-0.3, -0.25) is 9.59 Å². The number of hydrogen-bond donors (Lipinski definition) is 2. The molecule has 0 unspecified atom stereocenters. The van der Waals surface area contributed by atoms with Crippen LogP contribution in [0, 0.1) is 0 Å². The van der Waals surface area contributed by atoms with E-state index < -0.39 is 11.8 Å². The van der Waals surface area contributed by atoms with Crippen LogP contribution < -0.4 is 10.6 Å². The molecular weight excluding hydrogens is 208 g/mol. The van der Waals surface area contributed by atoms with Gasteiger partial charge in [-0.1, -0.05) is 6.92 Å². The van der Waals surface area contributed by atoms with Gasteiger partial charge in [0.1, 0.15) is 0 Å². The summed E-state index contributed by atoms with van der Waals surface area (Å²) in [5.41, 5.74) is 0. The summed E-state index contributed by atoms with van der Waals surface area (Å²) in [6, 6.07) is 0.0287. The van der Waals surface area contributed by atoms with E-state index in [1.807, 2.05) is 13.8 Å². The topological polar surface area (TPSA) is 67.4 Å². The minimum Gasteiger partial charge on any atom is -0.376 e. The summed E-state index contributed by atoms with van der Waals surface area (Å²) in [6.45, 7) is 4.99. The SMILES string of the molecule is CC[C@H](C)NC(=O)C(=O)NC[C@@H]1CCCO1. The number of hydrogen-bond acceptors (Lipinski definition) is 3. The van der Waals surface area contributed by atoms with Gasteiger partial charge in [-0.15, -0.1) is 0 Å². The van der Waals surface area contributed by atoms with Crippen molar-refractivity contribution in [1.29, 1.82) is 0 Å². The maximum atomic E-state index is 11.4. The molecule has 1 fully saturated rings. The van der Waals surface area contributed by atoms with Gasteiger partial charge in [-0.2, -0.15) is 0 Å². The predicted molar refractivity (Wildman–Crippen MR) is 59.9 cm³/mol. The number of nitrogens with one attached hydrogen (secondary N) is 2. The quantitative estimate of drug-likeness (QED) is 0.675. The summed E-state index contributed by atoms with van der Waals surface area (Å²) in [4.78, 5) is 22.7. The Bertz CT molecular complexity index is 250. The first kappa shape index (κ1) is 13.0. The molecule has 0 spiro atoms. The fourth-order valence-electron chi connectivity index (χ4n) is 1.48. The molecule has 2 amide bonds. The highest BCUT2D eigenvalue weighted by Gasteiger charge is 2.19. The zero-order valence-corrected chi connectivity index (χ0v) is 9.91. The number of rotatable bonds is 4. The third-order valence-electron chi connectivity index (χ3n) is 2.71. The molecule has 1 saturated heterocycles. The lowest BCUT2D eigenvalue weighted by Gasteiger charge is -2.13. The number of carbonyl (C=O) groups is 2. The molecule has 16 heavy (non-hydrogen) atoms. The molecule has 1 heterocycles. The van der Waals surface area contributed by atoms with Crippen LogP contribution in [0.15, 0.2) is 0 Å². The number of amides is 2. The van der Waals surface area contributed by atoms with Crippen molar-refractivity contribution >= 4 is 11.8 Å². The normalized spacial score (nSPS) is 21.5. The van der Waals surface area contributed by atoms with E-state index in [1.165, 1.54) is 0 Å². The summed E-state index contributed by atoms with van der Waals surface area (Å²) in [5, 5.41) is 5.19. The minimum absolute atomic E-state index is 0.0287. The van der Waals surface area contributed by atoms with Gasteiger partial charge in [0.15, 0.2) is 0 Å². The molecule has 1 aliphatic heterocycles. The van der Waals surface area contributed by atoms with Gasteiger partial charge in [0.25, 0.3) is 0 Å². The van der Waals surface area contributed by atoms with Gasteiger partial charge in [0.05, 0.1) is 6.10 Å². The smallest absolute Gasteiger partial charge is 0.309 e. The van der Waals surface area contributed by atoms with Crippen LogP contribution in [0.3, 0.4) is 0 Å². The second kappa shape index (κ2) is 6.48. The van der Waals surface area contributed by atoms with E-state index in [-0.39, 0.29) is 12.1 Å². The number of carbonyl (C=O) groups excluding carboxylic acids is 2. The fraction of sp³-hybridized carbons (Fsp3) is 0.818. The van der Waals surface area contributed by atoms with Crippen molar-refractivity contribution in [3.05, 3.63) is 0 Å². The Morgan fingerprint density at radius 3 is 2.75 bits per heavy atom. The molecule has 0 aromatic rings. The molecular formula is C11H20N2O3. The van der Waals surface area contributed by atoms with Crippen LogP contribution in [0.2, 0.25) is 0 Å². The zero-order valence-electron chi connectivity index (χ0n) is 9.91. The van der Waals surface area contributed by atoms with E-state index in [0.717, 1.165) is 25.9 Å². The Balaban J connectivity index is 2.20. The number of ether oxygens (including phenoxy) is 1. The highest BCUT2D eigenvalue weighted by molar-refractivity contribution is 6.35. The van der Waals surface area contributed by atoms with Gasteiger partial charge >= 0.3 is 11.8 Å². The third kappa shape index (κ3) is 4.18. The van der Waals surface area contributed by atoms with Crippen LogP contribution in [0.25, 0.3) is 0 Å². The van der Waals surface area contributed by atoms with Gasteiger partial charge in [-0.05, 0) is 26.2 Å². The van der Waals surface area contributed by atoms with Crippen molar-refractivity contribution in [2.75, 3.05) is 13.2 Å². The van der Waals surface area contributed by atoms with Gasteiger partial charge in [0, 0.05) is 19.2 Å². The summed E-state index contributed by atoms with van der Waals surface area (Å²) >= 11 is 0. The largest absolute Gasteiger partial charge is 0.376 e. The lowest BCUT2D eigenvalue weighted by molar-refractivity contribution is -0.139. The van der Waals surface area contributed by atoms with E-state index >= 15 is 0 Å². The van der Waals surface area contributed by atoms with Crippen molar-refractivity contribution in [2.45, 2.75) is 45.3 Å².